The molecular formula is C25H38N10O19P3+. The van der Waals surface area contributed by atoms with Crippen LogP contribution in [0.5, 0.6) is 0 Å². The molecule has 11 atom stereocenters. The van der Waals surface area contributed by atoms with Gasteiger partial charge in [0.2, 0.25) is 17.7 Å². The second kappa shape index (κ2) is 16.6. The third-order valence-corrected chi connectivity index (χ3v) is 12.8. The van der Waals surface area contributed by atoms with Gasteiger partial charge in [0, 0.05) is 14.2 Å². The minimum Gasteiger partial charge on any atom is -0.387 e. The van der Waals surface area contributed by atoms with E-state index in [0.717, 1.165) is 6.33 Å². The number of aromatic amines is 2. The molecule has 0 radical (unpaired) electrons. The minimum atomic E-state index is -5.99. The maximum Gasteiger partial charge on any atom is 0.490 e. The first-order valence-electron chi connectivity index (χ1n) is 16.2. The molecule has 6 heterocycles. The van der Waals surface area contributed by atoms with E-state index >= 15 is 0 Å². The summed E-state index contributed by atoms with van der Waals surface area (Å²) in [4.78, 5) is 72.0. The number of hydrogen-bond acceptors (Lipinski definition) is 21. The van der Waals surface area contributed by atoms with Gasteiger partial charge in [-0.25, -0.2) is 23.2 Å². The molecule has 316 valence electrons. The number of methoxy groups -OCH3 is 2. The molecule has 6 rings (SSSR count). The van der Waals surface area contributed by atoms with Crippen molar-refractivity contribution in [2.24, 2.45) is 7.05 Å². The summed E-state index contributed by atoms with van der Waals surface area (Å²) < 4.78 is 87.4. The molecule has 0 aromatic carbocycles. The van der Waals surface area contributed by atoms with Crippen molar-refractivity contribution in [1.82, 2.24) is 34.1 Å². The molecule has 57 heavy (non-hydrogen) atoms. The van der Waals surface area contributed by atoms with Crippen LogP contribution in [0.15, 0.2) is 22.2 Å². The van der Waals surface area contributed by atoms with Crippen molar-refractivity contribution in [2.45, 2.75) is 49.1 Å². The van der Waals surface area contributed by atoms with Crippen LogP contribution >= 0.6 is 23.5 Å². The Balaban J connectivity index is 1.08. The van der Waals surface area contributed by atoms with Gasteiger partial charge in [-0.1, -0.05) is 4.98 Å². The van der Waals surface area contributed by atoms with Crippen molar-refractivity contribution in [2.75, 3.05) is 52.1 Å². The third kappa shape index (κ3) is 9.19. The Bertz CT molecular complexity index is 2370. The topological polar surface area (TPSA) is 406 Å². The fourth-order valence-corrected chi connectivity index (χ4v) is 9.63. The van der Waals surface area contributed by atoms with Gasteiger partial charge in [-0.05, 0) is 0 Å². The molecule has 2 aliphatic rings. The molecule has 32 heteroatoms. The van der Waals surface area contributed by atoms with E-state index < -0.39 is 96.9 Å². The quantitative estimate of drug-likeness (QED) is 0.0286. The number of aromatic nitrogens is 8. The number of ether oxygens (including phenoxy) is 5. The molecule has 2 saturated heterocycles. The van der Waals surface area contributed by atoms with Crippen molar-refractivity contribution in [3.05, 3.63) is 33.4 Å². The summed E-state index contributed by atoms with van der Waals surface area (Å²) in [5, 5.41) is 21.9. The number of anilines is 2. The van der Waals surface area contributed by atoms with Crippen LogP contribution in [0.2, 0.25) is 0 Å². The molecule has 2 fully saturated rings. The van der Waals surface area contributed by atoms with Crippen molar-refractivity contribution in [3.63, 3.8) is 0 Å². The number of phosphoric acid groups is 3. The van der Waals surface area contributed by atoms with Crippen LogP contribution in [0, 0.1) is 0 Å². The van der Waals surface area contributed by atoms with E-state index in [0.29, 0.717) is 0 Å². The first-order chi connectivity index (χ1) is 26.7. The van der Waals surface area contributed by atoms with Crippen LogP contribution in [0.1, 0.15) is 12.5 Å². The zero-order chi connectivity index (χ0) is 41.6. The second-order valence-electron chi connectivity index (χ2n) is 12.3. The maximum absolute atomic E-state index is 12.8. The highest BCUT2D eigenvalue weighted by molar-refractivity contribution is 7.66. The first-order valence-corrected chi connectivity index (χ1v) is 20.7. The van der Waals surface area contributed by atoms with Crippen LogP contribution in [0.25, 0.3) is 22.3 Å². The summed E-state index contributed by atoms with van der Waals surface area (Å²) in [6, 6.07) is 0. The number of aryl methyl sites for hydroxylation is 1. The Morgan fingerprint density at radius 1 is 0.877 bits per heavy atom. The van der Waals surface area contributed by atoms with Crippen molar-refractivity contribution >= 4 is 57.7 Å². The molecular weight excluding hydrogens is 837 g/mol. The van der Waals surface area contributed by atoms with Gasteiger partial charge in [0.1, 0.15) is 36.6 Å². The lowest BCUT2D eigenvalue weighted by molar-refractivity contribution is -0.746. The lowest BCUT2D eigenvalue weighted by atomic mass is 10.1. The Labute approximate surface area is 317 Å². The van der Waals surface area contributed by atoms with Crippen molar-refractivity contribution in [3.8, 4) is 0 Å². The molecule has 0 spiro atoms. The Hall–Kier alpha value is -3.57. The van der Waals surface area contributed by atoms with Gasteiger partial charge in [0.25, 0.3) is 17.1 Å². The fraction of sp³-hybridized carbons (Fsp3) is 0.600. The summed E-state index contributed by atoms with van der Waals surface area (Å²) in [7, 11) is -13.2. The standard InChI is InChI=1S/C25H37N10O19P3/c1-33-9-35(19-13(33)21(39)32-25(27)30-19)23-17(48-5-4-46-2)15(37)11(52-23)7-50-56(42,43)54-57(44,45)53-55(40,41)49-6-10-14(36)16(47-3)22(51-10)34-8-28-12-18(34)29-24(26)31-20(12)38/h8-11,14-17,22-23,36-37H,4-7H2,1-3H3,(H8-,26,27,29,30,31,32,38,39,40,41,42,43,44,45)/p+1/t10-,11-,14-,15-,16-,17-,22-,23-/m1/s1. The summed E-state index contributed by atoms with van der Waals surface area (Å²) >= 11 is 0. The second-order valence-corrected chi connectivity index (χ2v) is 17.0. The number of aliphatic hydroxyl groups excluding tert-OH is 2. The van der Waals surface area contributed by atoms with Crippen molar-refractivity contribution < 1.29 is 84.5 Å². The number of nitrogens with zero attached hydrogens (tertiary/aromatic N) is 6. The molecule has 0 aliphatic carbocycles. The number of phosphoric ester groups is 2. The van der Waals surface area contributed by atoms with Gasteiger partial charge in [0.05, 0.1) is 39.8 Å². The number of nitrogens with one attached hydrogen (secondary N) is 2. The number of imidazole rings is 2. The van der Waals surface area contributed by atoms with E-state index in [2.05, 4.69) is 33.5 Å². The highest BCUT2D eigenvalue weighted by Crippen LogP contribution is 2.67. The predicted octanol–water partition coefficient (Wildman–Crippen LogP) is -3.22. The predicted molar refractivity (Wildman–Crippen MR) is 184 cm³/mol. The largest absolute Gasteiger partial charge is 0.490 e. The zero-order valence-electron chi connectivity index (χ0n) is 29.7. The van der Waals surface area contributed by atoms with Gasteiger partial charge in [-0.3, -0.25) is 37.7 Å². The average Bonchev–Trinajstić information content (AvgIpc) is 3.84. The van der Waals surface area contributed by atoms with E-state index in [9.17, 15) is 48.2 Å². The number of nitrogen functional groups attached to an aromatic ring is 2. The number of H-pyrrole nitrogens is 2. The SMILES string of the molecule is COCCO[C@@H]1[C@H](O)[C@@H](COP(=O)(O)OP(=O)(O)OP(=O)(O)OC[C@H]2O[C@@H](n3cnc4c(=O)[nH]c(N)nc43)[C@H](OC)[C@@H]2O)O[C@H]1[n+]1cn(C)c2c(=O)[nH]c(N)nc21. The summed E-state index contributed by atoms with van der Waals surface area (Å²) in [5.41, 5.74) is 9.97. The molecule has 0 bridgehead atoms. The van der Waals surface area contributed by atoms with Crippen LogP contribution in [0.4, 0.5) is 11.9 Å². The molecule has 29 nitrogen and oxygen atoms in total. The summed E-state index contributed by atoms with van der Waals surface area (Å²) in [6.45, 7) is -2.00. The monoisotopic (exact) mass is 875 g/mol. The van der Waals surface area contributed by atoms with Crippen LogP contribution in [-0.2, 0) is 62.1 Å². The smallest absolute Gasteiger partial charge is 0.387 e. The molecule has 2 aliphatic heterocycles. The molecule has 0 saturated carbocycles. The number of nitrogens with two attached hydrogens (primary N) is 2. The zero-order valence-corrected chi connectivity index (χ0v) is 32.4. The van der Waals surface area contributed by atoms with E-state index in [1.54, 1.807) is 0 Å². The fourth-order valence-electron chi connectivity index (χ4n) is 6.10. The van der Waals surface area contributed by atoms with Gasteiger partial charge in [-0.2, -0.15) is 13.6 Å². The highest BCUT2D eigenvalue weighted by atomic mass is 31.3. The highest BCUT2D eigenvalue weighted by Gasteiger charge is 2.51. The molecule has 3 unspecified atom stereocenters. The van der Waals surface area contributed by atoms with Gasteiger partial charge < -0.3 is 60.0 Å². The van der Waals surface area contributed by atoms with E-state index in [-0.39, 0.29) is 47.4 Å². The van der Waals surface area contributed by atoms with E-state index in [4.69, 9.17) is 44.2 Å². The molecule has 11 N–H and O–H groups in total. The van der Waals surface area contributed by atoms with Crippen LogP contribution in [-0.4, -0.2) is 136 Å². The van der Waals surface area contributed by atoms with Crippen molar-refractivity contribution in [1.29, 1.82) is 0 Å². The summed E-state index contributed by atoms with van der Waals surface area (Å²) in [6.07, 6.45) is -8.64. The first kappa shape index (κ1) is 43.0. The van der Waals surface area contributed by atoms with Gasteiger partial charge >= 0.3 is 29.1 Å². The molecule has 4 aromatic rings. The minimum absolute atomic E-state index is 0.0166. The van der Waals surface area contributed by atoms with E-state index in [1.807, 2.05) is 0 Å². The van der Waals surface area contributed by atoms with Crippen LogP contribution < -0.4 is 27.2 Å². The van der Waals surface area contributed by atoms with E-state index in [1.165, 1.54) is 41.3 Å². The number of rotatable bonds is 17. The summed E-state index contributed by atoms with van der Waals surface area (Å²) in [5.74, 6) is -0.501. The number of fused-ring (bicyclic) bond motifs is 2. The third-order valence-electron chi connectivity index (χ3n) is 8.50. The molecule has 0 amide bonds. The van der Waals surface area contributed by atoms with Crippen LogP contribution in [0.3, 0.4) is 0 Å². The Morgan fingerprint density at radius 3 is 2.11 bits per heavy atom. The normalized spacial score (nSPS) is 28.5. The van der Waals surface area contributed by atoms with Gasteiger partial charge in [-0.15, -0.1) is 0 Å². The number of aliphatic hydroxyl groups is 2. The number of hydrogen-bond donors (Lipinski definition) is 9. The van der Waals surface area contributed by atoms with Gasteiger partial charge in [0.15, 0.2) is 23.7 Å². The Kier molecular flexibility index (Phi) is 12.5. The Morgan fingerprint density at radius 2 is 1.47 bits per heavy atom. The average molecular weight is 876 g/mol. The maximum atomic E-state index is 12.8. The lowest BCUT2D eigenvalue weighted by Gasteiger charge is -2.21. The lowest BCUT2D eigenvalue weighted by Crippen LogP contribution is -2.47. The molecule has 4 aromatic heterocycles.